The van der Waals surface area contributed by atoms with Gasteiger partial charge in [-0.1, -0.05) is 19.1 Å². The van der Waals surface area contributed by atoms with E-state index in [1.54, 1.807) is 0 Å². The summed E-state index contributed by atoms with van der Waals surface area (Å²) in [5, 5.41) is 0. The van der Waals surface area contributed by atoms with Crippen LogP contribution in [0.3, 0.4) is 0 Å². The van der Waals surface area contributed by atoms with Gasteiger partial charge in [0.1, 0.15) is 0 Å². The first-order valence-electron chi connectivity index (χ1n) is 5.00. The molecule has 2 rings (SSSR count). The molecule has 2 nitrogen and oxygen atoms in total. The second kappa shape index (κ2) is 3.45. The normalized spacial score (nSPS) is 20.1. The SMILES string of the molecule is CCC1COC(=O)c2cccc(C)c21. The number of esters is 1. The highest BCUT2D eigenvalue weighted by Gasteiger charge is 2.26. The van der Waals surface area contributed by atoms with Crippen LogP contribution in [-0.2, 0) is 4.74 Å². The van der Waals surface area contributed by atoms with Crippen molar-refractivity contribution in [1.29, 1.82) is 0 Å². The van der Waals surface area contributed by atoms with Crippen LogP contribution in [0.4, 0.5) is 0 Å². The lowest BCUT2D eigenvalue weighted by molar-refractivity contribution is 0.0437. The predicted octanol–water partition coefficient (Wildman–Crippen LogP) is 2.66. The Bertz CT molecular complexity index is 369. The smallest absolute Gasteiger partial charge is 0.338 e. The van der Waals surface area contributed by atoms with E-state index in [-0.39, 0.29) is 5.97 Å². The molecule has 0 bridgehead atoms. The van der Waals surface area contributed by atoms with Crippen LogP contribution in [-0.4, -0.2) is 12.6 Å². The van der Waals surface area contributed by atoms with E-state index in [1.165, 1.54) is 11.1 Å². The minimum absolute atomic E-state index is 0.173. The summed E-state index contributed by atoms with van der Waals surface area (Å²) < 4.78 is 5.12. The summed E-state index contributed by atoms with van der Waals surface area (Å²) >= 11 is 0. The molecule has 0 amide bonds. The molecule has 0 radical (unpaired) electrons. The molecule has 2 heteroatoms. The van der Waals surface area contributed by atoms with E-state index in [0.29, 0.717) is 12.5 Å². The van der Waals surface area contributed by atoms with Gasteiger partial charge >= 0.3 is 5.97 Å². The van der Waals surface area contributed by atoms with E-state index in [9.17, 15) is 4.79 Å². The van der Waals surface area contributed by atoms with Gasteiger partial charge in [0.15, 0.2) is 0 Å². The first-order chi connectivity index (χ1) is 6.74. The third-order valence-corrected chi connectivity index (χ3v) is 2.86. The lowest BCUT2D eigenvalue weighted by Crippen LogP contribution is -2.23. The number of ether oxygens (including phenoxy) is 1. The highest BCUT2D eigenvalue weighted by atomic mass is 16.5. The van der Waals surface area contributed by atoms with E-state index < -0.39 is 0 Å². The Balaban J connectivity index is 2.57. The second-order valence-corrected chi connectivity index (χ2v) is 3.74. The molecule has 0 aromatic heterocycles. The van der Waals surface area contributed by atoms with Gasteiger partial charge in [-0.3, -0.25) is 0 Å². The molecule has 0 aliphatic carbocycles. The summed E-state index contributed by atoms with van der Waals surface area (Å²) in [7, 11) is 0. The fourth-order valence-electron chi connectivity index (χ4n) is 2.06. The minimum Gasteiger partial charge on any atom is -0.461 e. The fourth-order valence-corrected chi connectivity index (χ4v) is 2.06. The summed E-state index contributed by atoms with van der Waals surface area (Å²) in [6.45, 7) is 4.72. The van der Waals surface area contributed by atoms with Crippen molar-refractivity contribution in [3.05, 3.63) is 34.9 Å². The van der Waals surface area contributed by atoms with Crippen LogP contribution in [0, 0.1) is 6.92 Å². The Morgan fingerprint density at radius 1 is 1.50 bits per heavy atom. The molecule has 74 valence electrons. The Kier molecular flexibility index (Phi) is 2.28. The number of hydrogen-bond donors (Lipinski definition) is 0. The topological polar surface area (TPSA) is 26.3 Å². The summed E-state index contributed by atoms with van der Waals surface area (Å²) in [5.41, 5.74) is 3.14. The summed E-state index contributed by atoms with van der Waals surface area (Å²) in [6, 6.07) is 5.82. The van der Waals surface area contributed by atoms with Crippen molar-refractivity contribution >= 4 is 5.97 Å². The summed E-state index contributed by atoms with van der Waals surface area (Å²) in [6.07, 6.45) is 1.02. The van der Waals surface area contributed by atoms with Crippen LogP contribution in [0.15, 0.2) is 18.2 Å². The molecule has 0 saturated carbocycles. The van der Waals surface area contributed by atoms with E-state index in [0.717, 1.165) is 12.0 Å². The zero-order chi connectivity index (χ0) is 10.1. The van der Waals surface area contributed by atoms with Gasteiger partial charge in [0.2, 0.25) is 0 Å². The maximum Gasteiger partial charge on any atom is 0.338 e. The van der Waals surface area contributed by atoms with Crippen molar-refractivity contribution in [3.8, 4) is 0 Å². The number of cyclic esters (lactones) is 1. The number of carbonyl (C=O) groups excluding carboxylic acids is 1. The molecule has 1 unspecified atom stereocenters. The molecule has 1 aromatic rings. The molecular formula is C12H14O2. The first kappa shape index (κ1) is 9.25. The second-order valence-electron chi connectivity index (χ2n) is 3.74. The third kappa shape index (κ3) is 1.31. The van der Waals surface area contributed by atoms with Crippen LogP contribution in [0.5, 0.6) is 0 Å². The fraction of sp³-hybridized carbons (Fsp3) is 0.417. The van der Waals surface area contributed by atoms with Crippen molar-refractivity contribution in [3.63, 3.8) is 0 Å². The van der Waals surface area contributed by atoms with E-state index in [2.05, 4.69) is 19.9 Å². The Morgan fingerprint density at radius 3 is 3.00 bits per heavy atom. The van der Waals surface area contributed by atoms with Crippen molar-refractivity contribution < 1.29 is 9.53 Å². The zero-order valence-electron chi connectivity index (χ0n) is 8.54. The standard InChI is InChI=1S/C12H14O2/c1-3-9-7-14-12(13)10-6-4-5-8(2)11(9)10/h4-6,9H,3,7H2,1-2H3. The third-order valence-electron chi connectivity index (χ3n) is 2.86. The number of aryl methyl sites for hydroxylation is 1. The first-order valence-corrected chi connectivity index (χ1v) is 5.00. The Labute approximate surface area is 83.9 Å². The van der Waals surface area contributed by atoms with E-state index >= 15 is 0 Å². The number of fused-ring (bicyclic) bond motifs is 1. The molecule has 1 aliphatic heterocycles. The predicted molar refractivity (Wildman–Crippen MR) is 54.5 cm³/mol. The quantitative estimate of drug-likeness (QED) is 0.636. The molecule has 14 heavy (non-hydrogen) atoms. The largest absolute Gasteiger partial charge is 0.461 e. The van der Waals surface area contributed by atoms with Crippen LogP contribution in [0.1, 0.15) is 40.7 Å². The molecule has 1 aliphatic rings. The zero-order valence-corrected chi connectivity index (χ0v) is 8.54. The monoisotopic (exact) mass is 190 g/mol. The number of rotatable bonds is 1. The molecule has 1 atom stereocenters. The van der Waals surface area contributed by atoms with E-state index in [1.807, 2.05) is 12.1 Å². The van der Waals surface area contributed by atoms with Gasteiger partial charge in [-0.15, -0.1) is 0 Å². The Hall–Kier alpha value is -1.31. The summed E-state index contributed by atoms with van der Waals surface area (Å²) in [5.74, 6) is 0.206. The molecule has 1 aromatic carbocycles. The van der Waals surface area contributed by atoms with Crippen LogP contribution >= 0.6 is 0 Å². The molecule has 0 N–H and O–H groups in total. The van der Waals surface area contributed by atoms with Crippen molar-refractivity contribution in [2.75, 3.05) is 6.61 Å². The average molecular weight is 190 g/mol. The Morgan fingerprint density at radius 2 is 2.29 bits per heavy atom. The van der Waals surface area contributed by atoms with Gasteiger partial charge in [0.05, 0.1) is 12.2 Å². The average Bonchev–Trinajstić information content (AvgIpc) is 2.20. The maximum atomic E-state index is 11.5. The van der Waals surface area contributed by atoms with Crippen LogP contribution < -0.4 is 0 Å². The number of benzene rings is 1. The highest BCUT2D eigenvalue weighted by molar-refractivity contribution is 5.92. The van der Waals surface area contributed by atoms with Gasteiger partial charge in [-0.2, -0.15) is 0 Å². The van der Waals surface area contributed by atoms with Gasteiger partial charge < -0.3 is 4.74 Å². The molecule has 0 saturated heterocycles. The molecule has 0 spiro atoms. The number of hydrogen-bond acceptors (Lipinski definition) is 2. The molecule has 1 heterocycles. The molecule has 0 fully saturated rings. The van der Waals surface area contributed by atoms with Crippen molar-refractivity contribution in [2.45, 2.75) is 26.2 Å². The van der Waals surface area contributed by atoms with Gasteiger partial charge in [-0.25, -0.2) is 4.79 Å². The van der Waals surface area contributed by atoms with Crippen LogP contribution in [0.25, 0.3) is 0 Å². The number of carbonyl (C=O) groups is 1. The lowest BCUT2D eigenvalue weighted by atomic mass is 9.87. The van der Waals surface area contributed by atoms with E-state index in [4.69, 9.17) is 4.74 Å². The van der Waals surface area contributed by atoms with Gasteiger partial charge in [-0.05, 0) is 30.5 Å². The van der Waals surface area contributed by atoms with Crippen molar-refractivity contribution in [2.24, 2.45) is 0 Å². The summed E-state index contributed by atoms with van der Waals surface area (Å²) in [4.78, 5) is 11.5. The van der Waals surface area contributed by atoms with Crippen molar-refractivity contribution in [1.82, 2.24) is 0 Å². The lowest BCUT2D eigenvalue weighted by Gasteiger charge is -2.25. The molecular weight excluding hydrogens is 176 g/mol. The minimum atomic E-state index is -0.173. The van der Waals surface area contributed by atoms with Gasteiger partial charge in [0.25, 0.3) is 0 Å². The maximum absolute atomic E-state index is 11.5. The van der Waals surface area contributed by atoms with Crippen LogP contribution in [0.2, 0.25) is 0 Å². The van der Waals surface area contributed by atoms with Gasteiger partial charge in [0, 0.05) is 5.92 Å². The highest BCUT2D eigenvalue weighted by Crippen LogP contribution is 2.31.